The fraction of sp³-hybridized carbons (Fsp3) is 0. The molecule has 0 saturated heterocycles. The van der Waals surface area contributed by atoms with Crippen LogP contribution < -0.4 is 0 Å². The van der Waals surface area contributed by atoms with Crippen molar-refractivity contribution in [1.29, 1.82) is 5.26 Å². The Kier molecular flexibility index (Phi) is 2.49. The quantitative estimate of drug-likeness (QED) is 0.313. The minimum atomic E-state index is -4.21. The summed E-state index contributed by atoms with van der Waals surface area (Å²) < 4.78 is 22.1. The molecule has 0 aliphatic carbocycles. The van der Waals surface area contributed by atoms with Gasteiger partial charge in [-0.1, -0.05) is 12.1 Å². The van der Waals surface area contributed by atoms with Gasteiger partial charge in [-0.25, -0.2) is 8.42 Å². The Morgan fingerprint density at radius 3 is 2.43 bits per heavy atom. The SMILES string of the molecule is N#CS(=O)(=O)c1ccccc1[N+](=O)[O-]. The highest BCUT2D eigenvalue weighted by molar-refractivity contribution is 7.96. The van der Waals surface area contributed by atoms with Crippen molar-refractivity contribution in [3.05, 3.63) is 34.4 Å². The molecule has 72 valence electrons. The maximum atomic E-state index is 11.1. The summed E-state index contributed by atoms with van der Waals surface area (Å²) in [6.07, 6.45) is 0. The number of hydrogen-bond donors (Lipinski definition) is 0. The molecule has 0 N–H and O–H groups in total. The lowest BCUT2D eigenvalue weighted by molar-refractivity contribution is -0.387. The first-order chi connectivity index (χ1) is 6.49. The van der Waals surface area contributed by atoms with E-state index in [1.165, 1.54) is 12.1 Å². The molecule has 0 fully saturated rings. The molecule has 1 aromatic rings. The summed E-state index contributed by atoms with van der Waals surface area (Å²) in [5.41, 5.74) is -0.589. The topological polar surface area (TPSA) is 101 Å². The van der Waals surface area contributed by atoms with Crippen LogP contribution in [0.25, 0.3) is 0 Å². The maximum absolute atomic E-state index is 11.1. The third-order valence-electron chi connectivity index (χ3n) is 1.47. The van der Waals surface area contributed by atoms with Gasteiger partial charge in [0.1, 0.15) is 0 Å². The molecule has 14 heavy (non-hydrogen) atoms. The van der Waals surface area contributed by atoms with Crippen LogP contribution in [0.2, 0.25) is 0 Å². The van der Waals surface area contributed by atoms with Crippen molar-refractivity contribution >= 4 is 15.5 Å². The summed E-state index contributed by atoms with van der Waals surface area (Å²) in [5.74, 6) is 0. The smallest absolute Gasteiger partial charge is 0.258 e. The maximum Gasteiger partial charge on any atom is 0.289 e. The number of thiocyanates is 1. The van der Waals surface area contributed by atoms with Crippen LogP contribution in [0.5, 0.6) is 0 Å². The van der Waals surface area contributed by atoms with Crippen LogP contribution in [0.4, 0.5) is 5.69 Å². The van der Waals surface area contributed by atoms with Gasteiger partial charge in [-0.2, -0.15) is 5.26 Å². The number of nitriles is 1. The number of para-hydroxylation sites is 1. The minimum Gasteiger partial charge on any atom is -0.258 e. The second kappa shape index (κ2) is 3.43. The van der Waals surface area contributed by atoms with Gasteiger partial charge >= 0.3 is 0 Å². The first kappa shape index (κ1) is 10.1. The van der Waals surface area contributed by atoms with E-state index in [9.17, 15) is 18.5 Å². The highest BCUT2D eigenvalue weighted by Crippen LogP contribution is 2.23. The molecule has 0 heterocycles. The van der Waals surface area contributed by atoms with Crippen molar-refractivity contribution in [3.63, 3.8) is 0 Å². The van der Waals surface area contributed by atoms with Crippen molar-refractivity contribution in [1.82, 2.24) is 0 Å². The molecule has 0 aliphatic rings. The van der Waals surface area contributed by atoms with Gasteiger partial charge in [0.05, 0.1) is 4.92 Å². The minimum absolute atomic E-state index is 0.576. The number of rotatable bonds is 2. The lowest BCUT2D eigenvalue weighted by Gasteiger charge is -1.96. The molecule has 0 radical (unpaired) electrons. The fourth-order valence-corrected chi connectivity index (χ4v) is 1.66. The summed E-state index contributed by atoms with van der Waals surface area (Å²) >= 11 is 0. The lowest BCUT2D eigenvalue weighted by atomic mass is 10.3. The van der Waals surface area contributed by atoms with Crippen LogP contribution in [0.1, 0.15) is 0 Å². The van der Waals surface area contributed by atoms with Crippen molar-refractivity contribution in [2.24, 2.45) is 0 Å². The molecule has 0 amide bonds. The number of sulfone groups is 1. The Morgan fingerprint density at radius 2 is 1.93 bits per heavy atom. The van der Waals surface area contributed by atoms with Crippen LogP contribution in [0, 0.1) is 20.8 Å². The zero-order valence-electron chi connectivity index (χ0n) is 6.75. The number of benzene rings is 1. The standard InChI is InChI=1S/C7H4N2O4S/c8-5-14(12,13)7-4-2-1-3-6(7)9(10)11/h1-4H. The van der Waals surface area contributed by atoms with E-state index < -0.39 is 25.3 Å². The van der Waals surface area contributed by atoms with Crippen LogP contribution in [-0.2, 0) is 9.84 Å². The van der Waals surface area contributed by atoms with Crippen LogP contribution >= 0.6 is 0 Å². The van der Waals surface area contributed by atoms with Gasteiger partial charge in [0, 0.05) is 6.07 Å². The molecule has 0 saturated carbocycles. The Bertz CT molecular complexity index is 515. The van der Waals surface area contributed by atoms with Crippen LogP contribution in [0.3, 0.4) is 0 Å². The summed E-state index contributed by atoms with van der Waals surface area (Å²) in [6, 6.07) is 4.70. The highest BCUT2D eigenvalue weighted by Gasteiger charge is 2.24. The van der Waals surface area contributed by atoms with Crippen molar-refractivity contribution < 1.29 is 13.3 Å². The van der Waals surface area contributed by atoms with Gasteiger partial charge in [-0.15, -0.1) is 0 Å². The molecule has 0 aliphatic heterocycles. The largest absolute Gasteiger partial charge is 0.289 e. The first-order valence-electron chi connectivity index (χ1n) is 3.38. The average molecular weight is 212 g/mol. The van der Waals surface area contributed by atoms with E-state index >= 15 is 0 Å². The summed E-state index contributed by atoms with van der Waals surface area (Å²) in [4.78, 5) is 9.00. The van der Waals surface area contributed by atoms with Gasteiger partial charge in [0.15, 0.2) is 10.3 Å². The van der Waals surface area contributed by atoms with E-state index in [4.69, 9.17) is 5.26 Å². The molecule has 1 rings (SSSR count). The summed E-state index contributed by atoms with van der Waals surface area (Å²) in [7, 11) is -4.21. The summed E-state index contributed by atoms with van der Waals surface area (Å²) in [6.45, 7) is 0. The van der Waals surface area contributed by atoms with Gasteiger partial charge in [-0.3, -0.25) is 10.1 Å². The second-order valence-electron chi connectivity index (χ2n) is 2.32. The molecule has 0 bridgehead atoms. The molecular formula is C7H4N2O4S. The Balaban J connectivity index is 3.52. The van der Waals surface area contributed by atoms with E-state index in [0.717, 1.165) is 17.5 Å². The first-order valence-corrected chi connectivity index (χ1v) is 4.86. The van der Waals surface area contributed by atoms with Gasteiger partial charge in [0.2, 0.25) is 0 Å². The molecule has 0 spiro atoms. The van der Waals surface area contributed by atoms with Gasteiger partial charge in [-0.05, 0) is 6.07 Å². The number of nitro groups is 1. The predicted molar refractivity (Wildman–Crippen MR) is 45.9 cm³/mol. The van der Waals surface area contributed by atoms with Gasteiger partial charge in [0.25, 0.3) is 15.5 Å². The molecule has 0 unspecified atom stereocenters. The number of nitrogens with zero attached hydrogens (tertiary/aromatic N) is 2. The van der Waals surface area contributed by atoms with Crippen molar-refractivity contribution in [2.45, 2.75) is 4.90 Å². The molecular weight excluding hydrogens is 208 g/mol. The lowest BCUT2D eigenvalue weighted by Crippen LogP contribution is -2.01. The molecule has 6 nitrogen and oxygen atoms in total. The molecule has 0 aromatic heterocycles. The Labute approximate surface area is 79.5 Å². The van der Waals surface area contributed by atoms with E-state index in [1.54, 1.807) is 0 Å². The molecule has 0 atom stereocenters. The zero-order chi connectivity index (χ0) is 10.8. The van der Waals surface area contributed by atoms with E-state index in [2.05, 4.69) is 0 Å². The fourth-order valence-electron chi connectivity index (χ4n) is 0.884. The molecule has 7 heteroatoms. The van der Waals surface area contributed by atoms with Crippen molar-refractivity contribution in [2.75, 3.05) is 0 Å². The summed E-state index contributed by atoms with van der Waals surface area (Å²) in [5, 5.41) is 19.7. The van der Waals surface area contributed by atoms with E-state index in [0.29, 0.717) is 0 Å². The zero-order valence-corrected chi connectivity index (χ0v) is 7.56. The van der Waals surface area contributed by atoms with E-state index in [-0.39, 0.29) is 0 Å². The highest BCUT2D eigenvalue weighted by atomic mass is 32.2. The molecule has 1 aromatic carbocycles. The number of hydrogen-bond acceptors (Lipinski definition) is 5. The van der Waals surface area contributed by atoms with Crippen molar-refractivity contribution in [3.8, 4) is 5.40 Å². The normalized spacial score (nSPS) is 10.5. The monoisotopic (exact) mass is 212 g/mol. The van der Waals surface area contributed by atoms with Crippen LogP contribution in [0.15, 0.2) is 29.2 Å². The third-order valence-corrected chi connectivity index (χ3v) is 2.64. The van der Waals surface area contributed by atoms with Gasteiger partial charge < -0.3 is 0 Å². The van der Waals surface area contributed by atoms with E-state index in [1.807, 2.05) is 0 Å². The predicted octanol–water partition coefficient (Wildman–Crippen LogP) is 0.850. The van der Waals surface area contributed by atoms with Crippen LogP contribution in [-0.4, -0.2) is 13.3 Å². The average Bonchev–Trinajstić information content (AvgIpc) is 2.18. The Hall–Kier alpha value is -1.94. The Morgan fingerprint density at radius 1 is 1.36 bits per heavy atom. The third kappa shape index (κ3) is 1.70. The number of nitro benzene ring substituents is 1. The second-order valence-corrected chi connectivity index (χ2v) is 3.95.